The molecule has 1 aliphatic rings. The normalized spacial score (nSPS) is 21.8. The molecule has 0 amide bonds. The van der Waals surface area contributed by atoms with Gasteiger partial charge in [0.25, 0.3) is 0 Å². The maximum Gasteiger partial charge on any atom is 0.327 e. The van der Waals surface area contributed by atoms with Crippen molar-refractivity contribution in [2.24, 2.45) is 5.92 Å². The Kier molecular flexibility index (Phi) is 3.26. The molecule has 0 spiro atoms. The fourth-order valence-electron chi connectivity index (χ4n) is 2.85. The van der Waals surface area contributed by atoms with E-state index in [1.807, 2.05) is 12.1 Å². The molecule has 1 N–H and O–H groups in total. The zero-order chi connectivity index (χ0) is 13.2. The summed E-state index contributed by atoms with van der Waals surface area (Å²) in [5, 5.41) is 11.7. The molecule has 3 rings (SSSR count). The summed E-state index contributed by atoms with van der Waals surface area (Å²) in [6, 6.07) is 12.4. The van der Waals surface area contributed by atoms with E-state index in [1.165, 1.54) is 18.4 Å². The molecule has 0 saturated heterocycles. The van der Waals surface area contributed by atoms with Crippen LogP contribution in [0.1, 0.15) is 18.4 Å². The number of hydrogen-bond acceptors (Lipinski definition) is 1. The van der Waals surface area contributed by atoms with Crippen LogP contribution in [0.4, 0.5) is 0 Å². The Morgan fingerprint density at radius 1 is 0.947 bits per heavy atom. The van der Waals surface area contributed by atoms with Gasteiger partial charge in [-0.25, -0.2) is 0 Å². The molecule has 0 saturated carbocycles. The quantitative estimate of drug-likeness (QED) is 0.809. The Morgan fingerprint density at radius 2 is 1.68 bits per heavy atom. The van der Waals surface area contributed by atoms with E-state index in [0.29, 0.717) is 11.8 Å². The Labute approximate surface area is 114 Å². The topological polar surface area (TPSA) is 20.2 Å². The molecule has 2 atom stereocenters. The molecule has 0 fully saturated rings. The van der Waals surface area contributed by atoms with Gasteiger partial charge in [0.1, 0.15) is 0 Å². The van der Waals surface area contributed by atoms with Crippen molar-refractivity contribution < 1.29 is 5.02 Å². The number of hydrogen-bond donors (Lipinski definition) is 1. The summed E-state index contributed by atoms with van der Waals surface area (Å²) in [7, 11) is 1.19. The van der Waals surface area contributed by atoms with Crippen molar-refractivity contribution >= 4 is 23.7 Å². The Hall–Kier alpha value is -1.80. The molecule has 2 aromatic carbocycles. The van der Waals surface area contributed by atoms with Gasteiger partial charge < -0.3 is 5.02 Å². The van der Waals surface area contributed by atoms with Crippen LogP contribution in [0, 0.1) is 5.92 Å². The number of benzene rings is 2. The predicted octanol–water partition coefficient (Wildman–Crippen LogP) is 2.92. The molecule has 0 aliphatic heterocycles. The molecule has 1 radical (unpaired) electrons. The maximum atomic E-state index is 9.34. The van der Waals surface area contributed by atoms with Crippen LogP contribution in [0.25, 0.3) is 10.8 Å². The molecular formula is C17H16BO. The zero-order valence-corrected chi connectivity index (χ0v) is 11.0. The molecule has 19 heavy (non-hydrogen) atoms. The summed E-state index contributed by atoms with van der Waals surface area (Å²) in [6.45, 7) is 2.24. The molecule has 2 aromatic rings. The molecule has 1 aliphatic carbocycles. The third-order valence-electron chi connectivity index (χ3n) is 3.90. The highest BCUT2D eigenvalue weighted by atomic mass is 16.2. The van der Waals surface area contributed by atoms with Crippen molar-refractivity contribution in [3.05, 3.63) is 66.3 Å². The van der Waals surface area contributed by atoms with Crippen LogP contribution in [0.5, 0.6) is 0 Å². The molecule has 93 valence electrons. The molecular weight excluding hydrogens is 231 g/mol. The average molecular weight is 247 g/mol. The molecule has 0 aromatic heterocycles. The highest BCUT2D eigenvalue weighted by Gasteiger charge is 2.19. The average Bonchev–Trinajstić information content (AvgIpc) is 2.47. The van der Waals surface area contributed by atoms with E-state index in [9.17, 15) is 5.02 Å². The third-order valence-corrected chi connectivity index (χ3v) is 3.90. The van der Waals surface area contributed by atoms with E-state index in [1.54, 1.807) is 0 Å². The van der Waals surface area contributed by atoms with Gasteiger partial charge in [0.05, 0.1) is 0 Å². The predicted molar refractivity (Wildman–Crippen MR) is 81.7 cm³/mol. The van der Waals surface area contributed by atoms with Crippen LogP contribution < -0.4 is 5.46 Å². The SMILES string of the molecule is CC1C=CC=CC1c1ccc([B]O)c2ccccc12. The van der Waals surface area contributed by atoms with Crippen LogP contribution in [-0.2, 0) is 0 Å². The van der Waals surface area contributed by atoms with E-state index >= 15 is 0 Å². The zero-order valence-electron chi connectivity index (χ0n) is 11.0. The minimum Gasteiger partial charge on any atom is -0.450 e. The first-order valence-electron chi connectivity index (χ1n) is 6.65. The van der Waals surface area contributed by atoms with Gasteiger partial charge in [-0.15, -0.1) is 0 Å². The first kappa shape index (κ1) is 12.2. The van der Waals surface area contributed by atoms with Gasteiger partial charge in [-0.3, -0.25) is 0 Å². The number of rotatable bonds is 2. The standard InChI is InChI=1S/C17H16BO/c1-12-6-2-3-7-13(12)15-10-11-17(18-19)16-9-5-4-8-14(15)16/h2-13,19H,1H3. The largest absolute Gasteiger partial charge is 0.450 e. The van der Waals surface area contributed by atoms with E-state index in [-0.39, 0.29) is 0 Å². The van der Waals surface area contributed by atoms with Gasteiger partial charge in [0.15, 0.2) is 0 Å². The smallest absolute Gasteiger partial charge is 0.327 e. The fourth-order valence-corrected chi connectivity index (χ4v) is 2.85. The first-order valence-corrected chi connectivity index (χ1v) is 6.65. The lowest BCUT2D eigenvalue weighted by atomic mass is 9.77. The van der Waals surface area contributed by atoms with E-state index in [2.05, 4.69) is 55.5 Å². The van der Waals surface area contributed by atoms with Crippen molar-refractivity contribution in [1.82, 2.24) is 0 Å². The Balaban J connectivity index is 2.20. The molecule has 0 heterocycles. The van der Waals surface area contributed by atoms with Crippen molar-refractivity contribution in [1.29, 1.82) is 0 Å². The summed E-state index contributed by atoms with van der Waals surface area (Å²) < 4.78 is 0. The van der Waals surface area contributed by atoms with Crippen molar-refractivity contribution in [3.63, 3.8) is 0 Å². The van der Waals surface area contributed by atoms with E-state index in [4.69, 9.17) is 0 Å². The molecule has 1 nitrogen and oxygen atoms in total. The summed E-state index contributed by atoms with van der Waals surface area (Å²) in [5.41, 5.74) is 2.21. The van der Waals surface area contributed by atoms with Crippen molar-refractivity contribution in [3.8, 4) is 0 Å². The van der Waals surface area contributed by atoms with Crippen LogP contribution in [0.15, 0.2) is 60.7 Å². The lowest BCUT2D eigenvalue weighted by Crippen LogP contribution is -2.16. The van der Waals surface area contributed by atoms with Crippen LogP contribution in [0.3, 0.4) is 0 Å². The van der Waals surface area contributed by atoms with Crippen LogP contribution >= 0.6 is 0 Å². The minimum absolute atomic E-state index is 0.405. The Morgan fingerprint density at radius 3 is 2.42 bits per heavy atom. The minimum atomic E-state index is 0.405. The molecule has 2 heteroatoms. The van der Waals surface area contributed by atoms with Gasteiger partial charge in [-0.1, -0.05) is 67.6 Å². The van der Waals surface area contributed by atoms with Crippen LogP contribution in [-0.4, -0.2) is 12.5 Å². The summed E-state index contributed by atoms with van der Waals surface area (Å²) in [5.74, 6) is 0.903. The second-order valence-corrected chi connectivity index (χ2v) is 5.07. The second-order valence-electron chi connectivity index (χ2n) is 5.07. The number of fused-ring (bicyclic) bond motifs is 1. The van der Waals surface area contributed by atoms with Crippen molar-refractivity contribution in [2.75, 3.05) is 0 Å². The van der Waals surface area contributed by atoms with Crippen molar-refractivity contribution in [2.45, 2.75) is 12.8 Å². The monoisotopic (exact) mass is 247 g/mol. The maximum absolute atomic E-state index is 9.34. The lowest BCUT2D eigenvalue weighted by molar-refractivity contribution is 0.615. The third kappa shape index (κ3) is 2.13. The fraction of sp³-hybridized carbons (Fsp3) is 0.176. The van der Waals surface area contributed by atoms with Gasteiger partial charge in [0, 0.05) is 5.92 Å². The van der Waals surface area contributed by atoms with Gasteiger partial charge in [-0.05, 0) is 27.7 Å². The molecule has 2 unspecified atom stereocenters. The molecule has 0 bridgehead atoms. The lowest BCUT2D eigenvalue weighted by Gasteiger charge is -2.23. The van der Waals surface area contributed by atoms with Gasteiger partial charge in [0.2, 0.25) is 0 Å². The van der Waals surface area contributed by atoms with Gasteiger partial charge in [-0.2, -0.15) is 0 Å². The highest BCUT2D eigenvalue weighted by Crippen LogP contribution is 2.33. The van der Waals surface area contributed by atoms with E-state index < -0.39 is 0 Å². The Bertz CT molecular complexity index is 657. The second kappa shape index (κ2) is 5.06. The highest BCUT2D eigenvalue weighted by molar-refractivity contribution is 6.50. The summed E-state index contributed by atoms with van der Waals surface area (Å²) >= 11 is 0. The van der Waals surface area contributed by atoms with Crippen LogP contribution in [0.2, 0.25) is 0 Å². The number of allylic oxidation sites excluding steroid dienone is 4. The van der Waals surface area contributed by atoms with Gasteiger partial charge >= 0.3 is 7.48 Å². The van der Waals surface area contributed by atoms with E-state index in [0.717, 1.165) is 10.8 Å². The summed E-state index contributed by atoms with van der Waals surface area (Å²) in [4.78, 5) is 0. The summed E-state index contributed by atoms with van der Waals surface area (Å²) in [6.07, 6.45) is 8.73. The first-order chi connectivity index (χ1) is 9.31.